The Morgan fingerprint density at radius 1 is 1.40 bits per heavy atom. The number of carbonyl (C=O) groups excluding carboxylic acids is 1. The Kier molecular flexibility index (Phi) is 4.82. The van der Waals surface area contributed by atoms with Gasteiger partial charge in [0.25, 0.3) is 5.91 Å². The summed E-state index contributed by atoms with van der Waals surface area (Å²) in [5.74, 6) is 0.799. The molecule has 1 aromatic carbocycles. The molecule has 0 aliphatic heterocycles. The van der Waals surface area contributed by atoms with Gasteiger partial charge in [-0.05, 0) is 53.0 Å². The summed E-state index contributed by atoms with van der Waals surface area (Å²) in [7, 11) is 1.63. The van der Waals surface area contributed by atoms with Gasteiger partial charge in [-0.2, -0.15) is 0 Å². The number of hydrogen-bond donors (Lipinski definition) is 2. The van der Waals surface area contributed by atoms with Crippen molar-refractivity contribution in [2.75, 3.05) is 13.7 Å². The fourth-order valence-electron chi connectivity index (χ4n) is 2.53. The molecule has 0 spiro atoms. The molecule has 0 fully saturated rings. The second-order valence-electron chi connectivity index (χ2n) is 5.33. The van der Waals surface area contributed by atoms with E-state index in [1.807, 2.05) is 24.4 Å². The zero-order valence-corrected chi connectivity index (χ0v) is 13.6. The highest BCUT2D eigenvalue weighted by Crippen LogP contribution is 2.23. The number of ether oxygens (including phenoxy) is 1. The molecule has 126 valence electrons. The molecule has 0 unspecified atom stereocenters. The van der Waals surface area contributed by atoms with E-state index >= 15 is 0 Å². The van der Waals surface area contributed by atoms with Crippen LogP contribution in [-0.4, -0.2) is 29.5 Å². The summed E-state index contributed by atoms with van der Waals surface area (Å²) in [6.07, 6.45) is 4.01. The molecule has 1 amide bonds. The molecule has 3 rings (SSSR count). The van der Waals surface area contributed by atoms with Crippen molar-refractivity contribution < 1.29 is 9.53 Å². The Labute approximate surface area is 143 Å². The van der Waals surface area contributed by atoms with Crippen LogP contribution in [0.1, 0.15) is 15.9 Å². The van der Waals surface area contributed by atoms with Crippen LogP contribution in [0.2, 0.25) is 0 Å². The minimum absolute atomic E-state index is 0.225. The molecule has 0 radical (unpaired) electrons. The van der Waals surface area contributed by atoms with E-state index in [0.29, 0.717) is 18.5 Å². The highest BCUT2D eigenvalue weighted by atomic mass is 16.5. The Balaban J connectivity index is 1.62. The van der Waals surface area contributed by atoms with Crippen LogP contribution in [0.15, 0.2) is 47.8 Å². The van der Waals surface area contributed by atoms with Gasteiger partial charge in [0.05, 0.1) is 12.7 Å². The van der Waals surface area contributed by atoms with E-state index in [4.69, 9.17) is 10.3 Å². The van der Waals surface area contributed by atoms with E-state index in [0.717, 1.165) is 22.2 Å². The first kappa shape index (κ1) is 16.4. The number of H-pyrrole nitrogens is 1. The maximum Gasteiger partial charge on any atom is 0.252 e. The number of aromatic amines is 1. The SMILES string of the molecule is COc1ccc2[nH]cc(CCNC(=O)c3ccc(N=[N+]=[N-])nc3)c2c1. The van der Waals surface area contributed by atoms with Crippen LogP contribution in [0, 0.1) is 0 Å². The van der Waals surface area contributed by atoms with E-state index in [9.17, 15) is 4.79 Å². The first-order valence-corrected chi connectivity index (χ1v) is 7.64. The first-order chi connectivity index (χ1) is 12.2. The number of nitrogens with zero attached hydrogens (tertiary/aromatic N) is 4. The molecule has 0 bridgehead atoms. The second kappa shape index (κ2) is 7.37. The fourth-order valence-corrected chi connectivity index (χ4v) is 2.53. The highest BCUT2D eigenvalue weighted by Gasteiger charge is 2.08. The lowest BCUT2D eigenvalue weighted by atomic mass is 10.1. The van der Waals surface area contributed by atoms with Crippen LogP contribution < -0.4 is 10.1 Å². The predicted octanol–water partition coefficient (Wildman–Crippen LogP) is 3.49. The van der Waals surface area contributed by atoms with Gasteiger partial charge in [-0.1, -0.05) is 0 Å². The van der Waals surface area contributed by atoms with Gasteiger partial charge in [0.15, 0.2) is 0 Å². The summed E-state index contributed by atoms with van der Waals surface area (Å²) in [6.45, 7) is 0.487. The van der Waals surface area contributed by atoms with Crippen molar-refractivity contribution in [3.05, 3.63) is 64.3 Å². The second-order valence-corrected chi connectivity index (χ2v) is 5.33. The molecule has 2 heterocycles. The first-order valence-electron chi connectivity index (χ1n) is 7.64. The van der Waals surface area contributed by atoms with Crippen LogP contribution in [0.25, 0.3) is 21.3 Å². The average molecular weight is 336 g/mol. The monoisotopic (exact) mass is 336 g/mol. The van der Waals surface area contributed by atoms with E-state index in [1.54, 1.807) is 13.2 Å². The Bertz CT molecular complexity index is 941. The lowest BCUT2D eigenvalue weighted by Gasteiger charge is -2.05. The fraction of sp³-hybridized carbons (Fsp3) is 0.176. The number of aromatic nitrogens is 2. The number of methoxy groups -OCH3 is 1. The number of rotatable bonds is 6. The van der Waals surface area contributed by atoms with Crippen molar-refractivity contribution in [2.24, 2.45) is 5.11 Å². The van der Waals surface area contributed by atoms with Crippen molar-refractivity contribution in [1.82, 2.24) is 15.3 Å². The number of pyridine rings is 1. The van der Waals surface area contributed by atoms with Crippen LogP contribution in [0.4, 0.5) is 5.82 Å². The Hall–Kier alpha value is -3.51. The molecule has 2 aromatic heterocycles. The quantitative estimate of drug-likeness (QED) is 0.408. The van der Waals surface area contributed by atoms with Crippen molar-refractivity contribution in [3.63, 3.8) is 0 Å². The number of amides is 1. The van der Waals surface area contributed by atoms with Crippen molar-refractivity contribution in [1.29, 1.82) is 0 Å². The molecule has 0 atom stereocenters. The smallest absolute Gasteiger partial charge is 0.252 e. The molecular formula is C17H16N6O2. The molecule has 8 heteroatoms. The van der Waals surface area contributed by atoms with Gasteiger partial charge in [-0.3, -0.25) is 9.78 Å². The number of azide groups is 1. The highest BCUT2D eigenvalue weighted by molar-refractivity contribution is 5.94. The van der Waals surface area contributed by atoms with Gasteiger partial charge >= 0.3 is 0 Å². The minimum atomic E-state index is -0.225. The molecule has 8 nitrogen and oxygen atoms in total. The molecule has 3 aromatic rings. The lowest BCUT2D eigenvalue weighted by molar-refractivity contribution is 0.0954. The number of fused-ring (bicyclic) bond motifs is 1. The van der Waals surface area contributed by atoms with Gasteiger partial charge in [0, 0.05) is 34.8 Å². The van der Waals surface area contributed by atoms with Gasteiger partial charge in [-0.25, -0.2) is 0 Å². The average Bonchev–Trinajstić information content (AvgIpc) is 3.04. The maximum absolute atomic E-state index is 12.1. The maximum atomic E-state index is 12.1. The number of carbonyl (C=O) groups is 1. The van der Waals surface area contributed by atoms with Crippen LogP contribution in [0.5, 0.6) is 5.75 Å². The largest absolute Gasteiger partial charge is 0.497 e. The van der Waals surface area contributed by atoms with Crippen molar-refractivity contribution in [2.45, 2.75) is 6.42 Å². The van der Waals surface area contributed by atoms with Crippen LogP contribution >= 0.6 is 0 Å². The molecular weight excluding hydrogens is 320 g/mol. The van der Waals surface area contributed by atoms with Crippen LogP contribution in [-0.2, 0) is 6.42 Å². The van der Waals surface area contributed by atoms with Crippen molar-refractivity contribution >= 4 is 22.6 Å². The molecule has 0 saturated carbocycles. The van der Waals surface area contributed by atoms with Crippen LogP contribution in [0.3, 0.4) is 0 Å². The number of benzene rings is 1. The van der Waals surface area contributed by atoms with Gasteiger partial charge < -0.3 is 15.0 Å². The summed E-state index contributed by atoms with van der Waals surface area (Å²) in [6, 6.07) is 8.91. The van der Waals surface area contributed by atoms with E-state index < -0.39 is 0 Å². The standard InChI is InChI=1S/C17H16N6O2/c1-25-13-3-4-15-14(8-13)11(9-20-15)6-7-19-17(24)12-2-5-16(21-10-12)22-23-18/h2-5,8-10,20H,6-7H2,1H3,(H,19,24). The summed E-state index contributed by atoms with van der Waals surface area (Å²) in [4.78, 5) is 21.9. The zero-order valence-electron chi connectivity index (χ0n) is 13.6. The Morgan fingerprint density at radius 3 is 3.00 bits per heavy atom. The summed E-state index contributed by atoms with van der Waals surface area (Å²) in [5.41, 5.74) is 10.9. The molecule has 2 N–H and O–H groups in total. The lowest BCUT2D eigenvalue weighted by Crippen LogP contribution is -2.25. The topological polar surface area (TPSA) is 116 Å². The van der Waals surface area contributed by atoms with Crippen molar-refractivity contribution in [3.8, 4) is 5.75 Å². The molecule has 0 saturated heterocycles. The third kappa shape index (κ3) is 3.70. The van der Waals surface area contributed by atoms with E-state index in [-0.39, 0.29) is 11.7 Å². The summed E-state index contributed by atoms with van der Waals surface area (Å²) >= 11 is 0. The van der Waals surface area contributed by atoms with E-state index in [2.05, 4.69) is 25.3 Å². The van der Waals surface area contributed by atoms with Gasteiger partial charge in [-0.15, -0.1) is 0 Å². The summed E-state index contributed by atoms with van der Waals surface area (Å²) < 4.78 is 5.25. The number of hydrogen-bond acceptors (Lipinski definition) is 4. The summed E-state index contributed by atoms with van der Waals surface area (Å²) in [5, 5.41) is 7.30. The normalized spacial score (nSPS) is 10.3. The minimum Gasteiger partial charge on any atom is -0.497 e. The molecule has 0 aliphatic carbocycles. The van der Waals surface area contributed by atoms with E-state index in [1.165, 1.54) is 12.3 Å². The third-order valence-electron chi connectivity index (χ3n) is 3.81. The van der Waals surface area contributed by atoms with Gasteiger partial charge in [0.1, 0.15) is 11.6 Å². The zero-order chi connectivity index (χ0) is 17.6. The van der Waals surface area contributed by atoms with Gasteiger partial charge in [0.2, 0.25) is 0 Å². The Morgan fingerprint density at radius 2 is 2.28 bits per heavy atom. The predicted molar refractivity (Wildman–Crippen MR) is 93.9 cm³/mol. The third-order valence-corrected chi connectivity index (χ3v) is 3.81. The molecule has 25 heavy (non-hydrogen) atoms. The molecule has 0 aliphatic rings. The number of nitrogens with one attached hydrogen (secondary N) is 2.